The van der Waals surface area contributed by atoms with Gasteiger partial charge in [0, 0.05) is 36.5 Å². The number of halogens is 1. The van der Waals surface area contributed by atoms with Gasteiger partial charge in [-0.25, -0.2) is 0 Å². The summed E-state index contributed by atoms with van der Waals surface area (Å²) in [7, 11) is 0. The van der Waals surface area contributed by atoms with Gasteiger partial charge in [-0.1, -0.05) is 39.3 Å². The Morgan fingerprint density at radius 2 is 1.45 bits per heavy atom. The molecule has 1 aromatic carbocycles. The van der Waals surface area contributed by atoms with Crippen molar-refractivity contribution in [3.05, 3.63) is 34.9 Å². The van der Waals surface area contributed by atoms with Crippen LogP contribution in [0.25, 0.3) is 0 Å². The Balaban J connectivity index is 2.58. The molecular weight excluding hydrogens is 298 g/mol. The first-order valence-electron chi connectivity index (χ1n) is 7.86. The summed E-state index contributed by atoms with van der Waals surface area (Å²) in [5.74, 6) is 0.896. The van der Waals surface area contributed by atoms with Crippen molar-refractivity contribution in [1.82, 2.24) is 4.90 Å². The second kappa shape index (κ2) is 8.94. The number of nitrogens with zero attached hydrogens (tertiary/aromatic N) is 1. The van der Waals surface area contributed by atoms with Gasteiger partial charge in [-0.2, -0.15) is 0 Å². The molecule has 1 rings (SSSR count). The van der Waals surface area contributed by atoms with Gasteiger partial charge >= 0.3 is 0 Å². The van der Waals surface area contributed by atoms with E-state index >= 15 is 0 Å². The van der Waals surface area contributed by atoms with Crippen molar-refractivity contribution in [2.75, 3.05) is 13.1 Å². The van der Waals surface area contributed by atoms with Gasteiger partial charge in [-0.15, -0.1) is 0 Å². The summed E-state index contributed by atoms with van der Waals surface area (Å²) in [5, 5.41) is 0.604. The molecule has 122 valence electrons. The average molecular weight is 324 g/mol. The molecule has 0 unspecified atom stereocenters. The summed E-state index contributed by atoms with van der Waals surface area (Å²) in [6, 6.07) is 6.80. The highest BCUT2D eigenvalue weighted by Gasteiger charge is 2.17. The van der Waals surface area contributed by atoms with Crippen molar-refractivity contribution < 1.29 is 9.59 Å². The van der Waals surface area contributed by atoms with E-state index in [9.17, 15) is 9.59 Å². The molecule has 0 fully saturated rings. The fourth-order valence-corrected chi connectivity index (χ4v) is 2.44. The van der Waals surface area contributed by atoms with E-state index < -0.39 is 0 Å². The van der Waals surface area contributed by atoms with Gasteiger partial charge in [0.25, 0.3) is 0 Å². The minimum atomic E-state index is -0.0148. The molecule has 1 aromatic rings. The zero-order chi connectivity index (χ0) is 16.7. The number of carbonyl (C=O) groups excluding carboxylic acids is 2. The first-order chi connectivity index (χ1) is 10.3. The molecule has 0 radical (unpaired) electrons. The molecule has 0 aliphatic rings. The van der Waals surface area contributed by atoms with E-state index in [-0.39, 0.29) is 24.5 Å². The Hall–Kier alpha value is -1.35. The maximum atomic E-state index is 12.4. The third-order valence-corrected chi connectivity index (χ3v) is 3.51. The van der Waals surface area contributed by atoms with Crippen LogP contribution >= 0.6 is 11.6 Å². The van der Waals surface area contributed by atoms with Crippen molar-refractivity contribution in [3.63, 3.8) is 0 Å². The Morgan fingerprint density at radius 1 is 0.955 bits per heavy atom. The Kier molecular flexibility index (Phi) is 7.60. The molecule has 0 aliphatic heterocycles. The number of carbonyl (C=O) groups is 2. The Bertz CT molecular complexity index is 484. The smallest absolute Gasteiger partial charge is 0.223 e. The highest BCUT2D eigenvalue weighted by molar-refractivity contribution is 6.30. The molecular formula is C18H26ClNO2. The van der Waals surface area contributed by atoms with E-state index in [1.54, 1.807) is 24.3 Å². The first-order valence-corrected chi connectivity index (χ1v) is 8.24. The van der Waals surface area contributed by atoms with Crippen molar-refractivity contribution in [2.24, 2.45) is 11.8 Å². The van der Waals surface area contributed by atoms with Crippen molar-refractivity contribution >= 4 is 23.3 Å². The highest BCUT2D eigenvalue weighted by Crippen LogP contribution is 2.13. The second-order valence-electron chi connectivity index (χ2n) is 6.52. The molecule has 22 heavy (non-hydrogen) atoms. The molecule has 0 aromatic heterocycles. The number of ketones is 1. The summed E-state index contributed by atoms with van der Waals surface area (Å²) in [4.78, 5) is 26.3. The van der Waals surface area contributed by atoms with Gasteiger partial charge < -0.3 is 4.90 Å². The Labute approximate surface area is 138 Å². The Morgan fingerprint density at radius 3 is 1.91 bits per heavy atom. The lowest BCUT2D eigenvalue weighted by Gasteiger charge is -2.26. The lowest BCUT2D eigenvalue weighted by molar-refractivity contribution is -0.132. The number of hydrogen-bond donors (Lipinski definition) is 0. The number of Topliss-reactive ketones (excluding diaryl/α,β-unsaturated/α-hetero) is 1. The zero-order valence-corrected chi connectivity index (χ0v) is 14.7. The molecule has 0 aliphatic carbocycles. The van der Waals surface area contributed by atoms with Crippen LogP contribution < -0.4 is 0 Å². The van der Waals surface area contributed by atoms with Gasteiger partial charge in [0.05, 0.1) is 0 Å². The minimum absolute atomic E-state index is 0.0148. The molecule has 3 nitrogen and oxygen atoms in total. The van der Waals surface area contributed by atoms with Crippen LogP contribution in [0.5, 0.6) is 0 Å². The summed E-state index contributed by atoms with van der Waals surface area (Å²) >= 11 is 5.81. The van der Waals surface area contributed by atoms with E-state index in [2.05, 4.69) is 27.7 Å². The molecule has 1 amide bonds. The number of rotatable bonds is 8. The van der Waals surface area contributed by atoms with Gasteiger partial charge in [-0.3, -0.25) is 9.59 Å². The molecule has 0 heterocycles. The van der Waals surface area contributed by atoms with Crippen LogP contribution in [-0.4, -0.2) is 29.7 Å². The van der Waals surface area contributed by atoms with Crippen LogP contribution in [0.1, 0.15) is 50.9 Å². The van der Waals surface area contributed by atoms with Gasteiger partial charge in [-0.05, 0) is 36.1 Å². The standard InChI is InChI=1S/C18H26ClNO2/c1-13(2)11-20(12-14(3)4)18(22)10-9-17(21)15-5-7-16(19)8-6-15/h5-8,13-14H,9-12H2,1-4H3. The summed E-state index contributed by atoms with van der Waals surface area (Å²) in [6.45, 7) is 9.87. The molecule has 0 saturated heterocycles. The maximum absolute atomic E-state index is 12.4. The number of benzene rings is 1. The van der Waals surface area contributed by atoms with Crippen LogP contribution in [0.3, 0.4) is 0 Å². The topological polar surface area (TPSA) is 37.4 Å². The average Bonchev–Trinajstić information content (AvgIpc) is 2.43. The maximum Gasteiger partial charge on any atom is 0.223 e. The summed E-state index contributed by atoms with van der Waals surface area (Å²) in [6.07, 6.45) is 0.508. The molecule has 0 bridgehead atoms. The molecule has 0 atom stereocenters. The third kappa shape index (κ3) is 6.61. The molecule has 0 spiro atoms. The van der Waals surface area contributed by atoms with Crippen molar-refractivity contribution in [2.45, 2.75) is 40.5 Å². The second-order valence-corrected chi connectivity index (χ2v) is 6.95. The van der Waals surface area contributed by atoms with Crippen LogP contribution in [0.4, 0.5) is 0 Å². The fraction of sp³-hybridized carbons (Fsp3) is 0.556. The van der Waals surface area contributed by atoms with Crippen LogP contribution in [-0.2, 0) is 4.79 Å². The number of amides is 1. The SMILES string of the molecule is CC(C)CN(CC(C)C)C(=O)CCC(=O)c1ccc(Cl)cc1. The van der Waals surface area contributed by atoms with Crippen molar-refractivity contribution in [3.8, 4) is 0 Å². The number of hydrogen-bond acceptors (Lipinski definition) is 2. The van der Waals surface area contributed by atoms with E-state index in [1.807, 2.05) is 4.90 Å². The van der Waals surface area contributed by atoms with Gasteiger partial charge in [0.15, 0.2) is 5.78 Å². The van der Waals surface area contributed by atoms with E-state index in [0.29, 0.717) is 22.4 Å². The molecule has 0 N–H and O–H groups in total. The van der Waals surface area contributed by atoms with E-state index in [1.165, 1.54) is 0 Å². The van der Waals surface area contributed by atoms with Crippen LogP contribution in [0.15, 0.2) is 24.3 Å². The van der Waals surface area contributed by atoms with E-state index in [0.717, 1.165) is 13.1 Å². The van der Waals surface area contributed by atoms with Gasteiger partial charge in [0.1, 0.15) is 0 Å². The monoisotopic (exact) mass is 323 g/mol. The lowest BCUT2D eigenvalue weighted by atomic mass is 10.1. The lowest BCUT2D eigenvalue weighted by Crippen LogP contribution is -2.37. The normalized spacial score (nSPS) is 11.0. The minimum Gasteiger partial charge on any atom is -0.342 e. The largest absolute Gasteiger partial charge is 0.342 e. The third-order valence-electron chi connectivity index (χ3n) is 3.26. The van der Waals surface area contributed by atoms with Gasteiger partial charge in [0.2, 0.25) is 5.91 Å². The summed E-state index contributed by atoms with van der Waals surface area (Å²) < 4.78 is 0. The highest BCUT2D eigenvalue weighted by atomic mass is 35.5. The van der Waals surface area contributed by atoms with Crippen molar-refractivity contribution in [1.29, 1.82) is 0 Å². The molecule has 4 heteroatoms. The zero-order valence-electron chi connectivity index (χ0n) is 13.9. The fourth-order valence-electron chi connectivity index (χ4n) is 2.32. The predicted octanol–water partition coefficient (Wildman–Crippen LogP) is 4.44. The summed E-state index contributed by atoms with van der Waals surface area (Å²) in [5.41, 5.74) is 0.608. The quantitative estimate of drug-likeness (QED) is 0.663. The molecule has 0 saturated carbocycles. The van der Waals surface area contributed by atoms with Crippen LogP contribution in [0.2, 0.25) is 5.02 Å². The predicted molar refractivity (Wildman–Crippen MR) is 91.3 cm³/mol. The van der Waals surface area contributed by atoms with E-state index in [4.69, 9.17) is 11.6 Å². The van der Waals surface area contributed by atoms with Crippen LogP contribution in [0, 0.1) is 11.8 Å². The first kappa shape index (κ1) is 18.7.